The first kappa shape index (κ1) is 14.7. The van der Waals surface area contributed by atoms with Gasteiger partial charge in [-0.25, -0.2) is 0 Å². The van der Waals surface area contributed by atoms with Crippen LogP contribution in [0.15, 0.2) is 24.3 Å². The van der Waals surface area contributed by atoms with Crippen molar-refractivity contribution in [1.82, 2.24) is 4.90 Å². The lowest BCUT2D eigenvalue weighted by molar-refractivity contribution is 0.149. The molecule has 0 saturated carbocycles. The summed E-state index contributed by atoms with van der Waals surface area (Å²) in [7, 11) is 0. The second-order valence-electron chi connectivity index (χ2n) is 5.70. The van der Waals surface area contributed by atoms with Crippen molar-refractivity contribution < 1.29 is 4.74 Å². The summed E-state index contributed by atoms with van der Waals surface area (Å²) in [6.45, 7) is 8.12. The van der Waals surface area contributed by atoms with Crippen LogP contribution in [0.1, 0.15) is 33.1 Å². The molecule has 19 heavy (non-hydrogen) atoms. The van der Waals surface area contributed by atoms with E-state index < -0.39 is 0 Å². The molecule has 1 atom stereocenters. The third-order valence-electron chi connectivity index (χ3n) is 3.88. The molecular formula is C16H24ClNO. The van der Waals surface area contributed by atoms with Crippen LogP contribution >= 0.6 is 11.6 Å². The molecule has 2 nitrogen and oxygen atoms in total. The number of benzene rings is 1. The van der Waals surface area contributed by atoms with Crippen molar-refractivity contribution in [3.8, 4) is 5.75 Å². The van der Waals surface area contributed by atoms with Crippen molar-refractivity contribution in [3.05, 3.63) is 29.3 Å². The molecule has 0 unspecified atom stereocenters. The van der Waals surface area contributed by atoms with Gasteiger partial charge in [0.1, 0.15) is 5.75 Å². The Morgan fingerprint density at radius 3 is 2.53 bits per heavy atom. The molecule has 0 aromatic heterocycles. The van der Waals surface area contributed by atoms with Crippen LogP contribution in [0, 0.1) is 5.92 Å². The molecule has 1 saturated heterocycles. The number of rotatable bonds is 5. The van der Waals surface area contributed by atoms with Crippen LogP contribution in [-0.2, 0) is 0 Å². The number of piperidine rings is 1. The predicted molar refractivity (Wildman–Crippen MR) is 81.0 cm³/mol. The number of nitrogens with zero attached hydrogens (tertiary/aromatic N) is 1. The van der Waals surface area contributed by atoms with Gasteiger partial charge in [-0.1, -0.05) is 18.5 Å². The minimum Gasteiger partial charge on any atom is -0.491 e. The molecule has 1 heterocycles. The van der Waals surface area contributed by atoms with E-state index in [1.54, 1.807) is 0 Å². The first-order valence-electron chi connectivity index (χ1n) is 7.28. The number of hydrogen-bond donors (Lipinski definition) is 0. The number of ether oxygens (including phenoxy) is 1. The van der Waals surface area contributed by atoms with Crippen LogP contribution in [0.4, 0.5) is 0 Å². The lowest BCUT2D eigenvalue weighted by atomic mass is 9.99. The summed E-state index contributed by atoms with van der Waals surface area (Å²) < 4.78 is 5.90. The topological polar surface area (TPSA) is 12.5 Å². The van der Waals surface area contributed by atoms with Gasteiger partial charge in [-0.3, -0.25) is 0 Å². The van der Waals surface area contributed by atoms with Crippen LogP contribution in [0.5, 0.6) is 5.75 Å². The van der Waals surface area contributed by atoms with Gasteiger partial charge >= 0.3 is 0 Å². The van der Waals surface area contributed by atoms with Crippen LogP contribution in [0.2, 0.25) is 5.02 Å². The molecule has 0 N–H and O–H groups in total. The van der Waals surface area contributed by atoms with Crippen LogP contribution in [0.25, 0.3) is 0 Å². The van der Waals surface area contributed by atoms with Gasteiger partial charge in [0.15, 0.2) is 0 Å². The molecule has 1 aromatic rings. The Hall–Kier alpha value is -0.730. The summed E-state index contributed by atoms with van der Waals surface area (Å²) in [5.74, 6) is 1.81. The monoisotopic (exact) mass is 281 g/mol. The summed E-state index contributed by atoms with van der Waals surface area (Å²) >= 11 is 5.86. The smallest absolute Gasteiger partial charge is 0.119 e. The third kappa shape index (κ3) is 5.04. The highest BCUT2D eigenvalue weighted by molar-refractivity contribution is 6.30. The minimum atomic E-state index is 0.250. The number of likely N-dealkylation sites (tertiary alicyclic amines) is 1. The van der Waals surface area contributed by atoms with Crippen LogP contribution in [0.3, 0.4) is 0 Å². The van der Waals surface area contributed by atoms with Gasteiger partial charge in [-0.05, 0) is 69.5 Å². The highest BCUT2D eigenvalue weighted by Gasteiger charge is 2.16. The van der Waals surface area contributed by atoms with Crippen molar-refractivity contribution in [1.29, 1.82) is 0 Å². The fourth-order valence-corrected chi connectivity index (χ4v) is 2.58. The zero-order valence-electron chi connectivity index (χ0n) is 11.9. The average Bonchev–Trinajstić information content (AvgIpc) is 2.41. The summed E-state index contributed by atoms with van der Waals surface area (Å²) in [4.78, 5) is 2.56. The van der Waals surface area contributed by atoms with Crippen molar-refractivity contribution in [2.45, 2.75) is 39.2 Å². The van der Waals surface area contributed by atoms with Gasteiger partial charge in [0.2, 0.25) is 0 Å². The fraction of sp³-hybridized carbons (Fsp3) is 0.625. The summed E-state index contributed by atoms with van der Waals surface area (Å²) in [5.41, 5.74) is 0. The summed E-state index contributed by atoms with van der Waals surface area (Å²) in [5, 5.41) is 0.752. The predicted octanol–water partition coefficient (Wildman–Crippen LogP) is 4.23. The van der Waals surface area contributed by atoms with Gasteiger partial charge in [-0.15, -0.1) is 0 Å². The molecule has 0 radical (unpaired) electrons. The standard InChI is InChI=1S/C16H24ClNO/c1-13-7-10-18(11-8-13)12-9-14(2)19-16-5-3-15(17)4-6-16/h3-6,13-14H,7-12H2,1-2H3/t14-/m1/s1. The van der Waals surface area contributed by atoms with Crippen LogP contribution in [-0.4, -0.2) is 30.6 Å². The molecule has 106 valence electrons. The maximum absolute atomic E-state index is 5.90. The number of hydrogen-bond acceptors (Lipinski definition) is 2. The summed E-state index contributed by atoms with van der Waals surface area (Å²) in [6, 6.07) is 7.61. The van der Waals surface area contributed by atoms with E-state index in [2.05, 4.69) is 18.7 Å². The Morgan fingerprint density at radius 1 is 1.26 bits per heavy atom. The van der Waals surface area contributed by atoms with Crippen molar-refractivity contribution in [2.75, 3.05) is 19.6 Å². The SMILES string of the molecule is CC1CCN(CC[C@@H](C)Oc2ccc(Cl)cc2)CC1. The molecule has 0 aliphatic carbocycles. The Balaban J connectivity index is 1.69. The quantitative estimate of drug-likeness (QED) is 0.801. The Labute approximate surface area is 121 Å². The van der Waals surface area contributed by atoms with E-state index in [1.807, 2.05) is 24.3 Å². The van der Waals surface area contributed by atoms with Crippen molar-refractivity contribution >= 4 is 11.6 Å². The molecule has 1 fully saturated rings. The molecule has 1 aliphatic rings. The lowest BCUT2D eigenvalue weighted by Gasteiger charge is -2.30. The van der Waals surface area contributed by atoms with E-state index in [0.29, 0.717) is 0 Å². The molecule has 0 bridgehead atoms. The third-order valence-corrected chi connectivity index (χ3v) is 4.13. The van der Waals surface area contributed by atoms with Crippen molar-refractivity contribution in [2.24, 2.45) is 5.92 Å². The lowest BCUT2D eigenvalue weighted by Crippen LogP contribution is -2.35. The normalized spacial score (nSPS) is 19.3. The Kier molecular flexibility index (Phi) is 5.53. The molecule has 0 amide bonds. The zero-order chi connectivity index (χ0) is 13.7. The number of halogens is 1. The average molecular weight is 282 g/mol. The molecule has 1 aromatic carbocycles. The second kappa shape index (κ2) is 7.16. The van der Waals surface area contributed by atoms with E-state index in [9.17, 15) is 0 Å². The van der Waals surface area contributed by atoms with Gasteiger partial charge in [-0.2, -0.15) is 0 Å². The molecule has 2 rings (SSSR count). The minimum absolute atomic E-state index is 0.250. The molecule has 3 heteroatoms. The Bertz CT molecular complexity index is 371. The molecular weight excluding hydrogens is 258 g/mol. The maximum atomic E-state index is 5.90. The van der Waals surface area contributed by atoms with E-state index in [4.69, 9.17) is 16.3 Å². The Morgan fingerprint density at radius 2 is 1.89 bits per heavy atom. The first-order chi connectivity index (χ1) is 9.13. The van der Waals surface area contributed by atoms with E-state index in [1.165, 1.54) is 25.9 Å². The fourth-order valence-electron chi connectivity index (χ4n) is 2.45. The maximum Gasteiger partial charge on any atom is 0.119 e. The van der Waals surface area contributed by atoms with Crippen molar-refractivity contribution in [3.63, 3.8) is 0 Å². The molecule has 1 aliphatic heterocycles. The van der Waals surface area contributed by atoms with E-state index in [0.717, 1.165) is 29.7 Å². The van der Waals surface area contributed by atoms with Gasteiger partial charge in [0.05, 0.1) is 6.10 Å². The molecule has 0 spiro atoms. The van der Waals surface area contributed by atoms with Gasteiger partial charge < -0.3 is 9.64 Å². The van der Waals surface area contributed by atoms with E-state index in [-0.39, 0.29) is 6.10 Å². The zero-order valence-corrected chi connectivity index (χ0v) is 12.7. The van der Waals surface area contributed by atoms with Gasteiger partial charge in [0.25, 0.3) is 0 Å². The first-order valence-corrected chi connectivity index (χ1v) is 7.66. The second-order valence-corrected chi connectivity index (χ2v) is 6.13. The van der Waals surface area contributed by atoms with Gasteiger partial charge in [0, 0.05) is 11.6 Å². The highest BCUT2D eigenvalue weighted by atomic mass is 35.5. The van der Waals surface area contributed by atoms with Crippen LogP contribution < -0.4 is 4.74 Å². The summed E-state index contributed by atoms with van der Waals surface area (Å²) in [6.07, 6.45) is 4.01. The highest BCUT2D eigenvalue weighted by Crippen LogP contribution is 2.19. The van der Waals surface area contributed by atoms with E-state index >= 15 is 0 Å². The largest absolute Gasteiger partial charge is 0.491 e.